The van der Waals surface area contributed by atoms with Gasteiger partial charge in [-0.25, -0.2) is 18.1 Å². The molecule has 0 unspecified atom stereocenters. The summed E-state index contributed by atoms with van der Waals surface area (Å²) in [6, 6.07) is 14.5. The van der Waals surface area contributed by atoms with E-state index in [9.17, 15) is 13.2 Å². The molecule has 7 nitrogen and oxygen atoms in total. The van der Waals surface area contributed by atoms with Gasteiger partial charge in [0.1, 0.15) is 12.4 Å². The van der Waals surface area contributed by atoms with Gasteiger partial charge in [-0.1, -0.05) is 37.3 Å². The molecule has 0 aliphatic carbocycles. The molecule has 0 fully saturated rings. The molecule has 1 heterocycles. The van der Waals surface area contributed by atoms with Crippen molar-refractivity contribution in [2.75, 3.05) is 11.9 Å². The van der Waals surface area contributed by atoms with Crippen LogP contribution in [0.3, 0.4) is 0 Å². The Kier molecular flexibility index (Phi) is 6.46. The van der Waals surface area contributed by atoms with Crippen LogP contribution in [0.25, 0.3) is 11.0 Å². The highest BCUT2D eigenvalue weighted by molar-refractivity contribution is 7.88. The van der Waals surface area contributed by atoms with Crippen molar-refractivity contribution < 1.29 is 13.2 Å². The Hall–Kier alpha value is -2.97. The predicted molar refractivity (Wildman–Crippen MR) is 115 cm³/mol. The van der Waals surface area contributed by atoms with Crippen LogP contribution in [0.4, 0.5) is 5.69 Å². The molecule has 3 rings (SSSR count). The minimum atomic E-state index is -3.41. The molecule has 29 heavy (non-hydrogen) atoms. The zero-order chi connectivity index (χ0) is 20.9. The van der Waals surface area contributed by atoms with Gasteiger partial charge in [0.25, 0.3) is 0 Å². The van der Waals surface area contributed by atoms with Crippen LogP contribution in [-0.4, -0.2) is 30.4 Å². The first-order valence-electron chi connectivity index (χ1n) is 9.33. The number of carbonyl (C=O) groups is 1. The van der Waals surface area contributed by atoms with Gasteiger partial charge in [-0.2, -0.15) is 0 Å². The summed E-state index contributed by atoms with van der Waals surface area (Å²) >= 11 is 0. The monoisotopic (exact) mass is 412 g/mol. The van der Waals surface area contributed by atoms with Crippen LogP contribution in [0.5, 0.6) is 0 Å². The molecule has 1 amide bonds. The zero-order valence-electron chi connectivity index (χ0n) is 16.3. The first kappa shape index (κ1) is 20.8. The standard InChI is InChI=1S/C21H24N4O3S/c1-3-13-22-29(27,28)15-16-9-11-17(12-10-16)23-21(26)14-25-19-8-6-5-7-18(19)24-20(25)4-2/h3,5-12,22H,1,4,13-15H2,2H3,(H,23,26). The van der Waals surface area contributed by atoms with E-state index in [-0.39, 0.29) is 24.7 Å². The van der Waals surface area contributed by atoms with Crippen molar-refractivity contribution in [3.05, 3.63) is 72.6 Å². The number of imidazole rings is 1. The van der Waals surface area contributed by atoms with E-state index in [0.29, 0.717) is 11.3 Å². The van der Waals surface area contributed by atoms with E-state index in [0.717, 1.165) is 23.3 Å². The molecule has 0 saturated heterocycles. The lowest BCUT2D eigenvalue weighted by Crippen LogP contribution is -2.25. The molecule has 0 aliphatic heterocycles. The maximum absolute atomic E-state index is 12.5. The second-order valence-corrected chi connectivity index (χ2v) is 8.40. The van der Waals surface area contributed by atoms with Crippen LogP contribution in [0, 0.1) is 0 Å². The highest BCUT2D eigenvalue weighted by atomic mass is 32.2. The number of hydrogen-bond acceptors (Lipinski definition) is 4. The molecule has 2 aromatic carbocycles. The quantitative estimate of drug-likeness (QED) is 0.529. The molecule has 0 spiro atoms. The fourth-order valence-corrected chi connectivity index (χ4v) is 4.16. The van der Waals surface area contributed by atoms with Crippen molar-refractivity contribution in [2.24, 2.45) is 0 Å². The summed E-state index contributed by atoms with van der Waals surface area (Å²) in [6.07, 6.45) is 2.22. The maximum Gasteiger partial charge on any atom is 0.244 e. The number of nitrogens with one attached hydrogen (secondary N) is 2. The molecule has 8 heteroatoms. The van der Waals surface area contributed by atoms with E-state index in [1.54, 1.807) is 24.3 Å². The van der Waals surface area contributed by atoms with E-state index in [1.807, 2.05) is 35.8 Å². The Morgan fingerprint density at radius 1 is 1.17 bits per heavy atom. The molecule has 0 aliphatic rings. The highest BCUT2D eigenvalue weighted by Gasteiger charge is 2.13. The van der Waals surface area contributed by atoms with Crippen LogP contribution < -0.4 is 10.0 Å². The molecule has 0 saturated carbocycles. The van der Waals surface area contributed by atoms with E-state index in [2.05, 4.69) is 21.6 Å². The summed E-state index contributed by atoms with van der Waals surface area (Å²) in [7, 11) is -3.41. The first-order valence-corrected chi connectivity index (χ1v) is 11.0. The van der Waals surface area contributed by atoms with Gasteiger partial charge in [-0.15, -0.1) is 6.58 Å². The van der Waals surface area contributed by atoms with Gasteiger partial charge in [-0.3, -0.25) is 4.79 Å². The van der Waals surface area contributed by atoms with Gasteiger partial charge in [0, 0.05) is 18.7 Å². The Morgan fingerprint density at radius 2 is 1.90 bits per heavy atom. The third-order valence-electron chi connectivity index (χ3n) is 4.39. The lowest BCUT2D eigenvalue weighted by Gasteiger charge is -2.10. The Morgan fingerprint density at radius 3 is 2.59 bits per heavy atom. The van der Waals surface area contributed by atoms with Gasteiger partial charge in [0.2, 0.25) is 15.9 Å². The molecule has 0 bridgehead atoms. The number of aromatic nitrogens is 2. The number of para-hydroxylation sites is 2. The summed E-state index contributed by atoms with van der Waals surface area (Å²) < 4.78 is 28.2. The number of sulfonamides is 1. The number of anilines is 1. The summed E-state index contributed by atoms with van der Waals surface area (Å²) in [6.45, 7) is 5.85. The number of rotatable bonds is 9. The fraction of sp³-hybridized carbons (Fsp3) is 0.238. The predicted octanol–water partition coefficient (Wildman–Crippen LogP) is 2.84. The minimum absolute atomic E-state index is 0.129. The third-order valence-corrected chi connectivity index (χ3v) is 5.71. The van der Waals surface area contributed by atoms with E-state index in [4.69, 9.17) is 0 Å². The van der Waals surface area contributed by atoms with Crippen LogP contribution in [0.15, 0.2) is 61.2 Å². The van der Waals surface area contributed by atoms with Gasteiger partial charge >= 0.3 is 0 Å². The van der Waals surface area contributed by atoms with Gasteiger partial charge in [0.15, 0.2) is 0 Å². The van der Waals surface area contributed by atoms with Gasteiger partial charge < -0.3 is 9.88 Å². The summed E-state index contributed by atoms with van der Waals surface area (Å²) in [5.41, 5.74) is 3.03. The van der Waals surface area contributed by atoms with Gasteiger partial charge in [0.05, 0.1) is 16.8 Å². The third kappa shape index (κ3) is 5.30. The van der Waals surface area contributed by atoms with E-state index in [1.165, 1.54) is 6.08 Å². The topological polar surface area (TPSA) is 93.1 Å². The van der Waals surface area contributed by atoms with Crippen LogP contribution in [-0.2, 0) is 33.5 Å². The second kappa shape index (κ2) is 9.02. The summed E-state index contributed by atoms with van der Waals surface area (Å²) in [4.78, 5) is 17.1. The number of nitrogens with zero attached hydrogens (tertiary/aromatic N) is 2. The largest absolute Gasteiger partial charge is 0.325 e. The Balaban J connectivity index is 1.67. The van der Waals surface area contributed by atoms with Crippen molar-refractivity contribution >= 4 is 32.7 Å². The van der Waals surface area contributed by atoms with Crippen molar-refractivity contribution in [1.29, 1.82) is 0 Å². The van der Waals surface area contributed by atoms with E-state index < -0.39 is 10.0 Å². The maximum atomic E-state index is 12.5. The SMILES string of the molecule is C=CCNS(=O)(=O)Cc1ccc(NC(=O)Cn2c(CC)nc3ccccc32)cc1. The normalized spacial score (nSPS) is 11.5. The molecule has 152 valence electrons. The smallest absolute Gasteiger partial charge is 0.244 e. The van der Waals surface area contributed by atoms with Crippen molar-refractivity contribution in [1.82, 2.24) is 14.3 Å². The minimum Gasteiger partial charge on any atom is -0.325 e. The number of amides is 1. The van der Waals surface area contributed by atoms with Crippen LogP contribution >= 0.6 is 0 Å². The van der Waals surface area contributed by atoms with Crippen molar-refractivity contribution in [2.45, 2.75) is 25.6 Å². The Bertz CT molecular complexity index is 1120. The van der Waals surface area contributed by atoms with Crippen molar-refractivity contribution in [3.63, 3.8) is 0 Å². The first-order chi connectivity index (χ1) is 13.9. The second-order valence-electron chi connectivity index (χ2n) is 6.60. The molecule has 0 radical (unpaired) electrons. The van der Waals surface area contributed by atoms with Crippen molar-refractivity contribution in [3.8, 4) is 0 Å². The van der Waals surface area contributed by atoms with Crippen LogP contribution in [0.1, 0.15) is 18.3 Å². The molecular formula is C21H24N4O3S. The number of carbonyl (C=O) groups excluding carboxylic acids is 1. The number of fused-ring (bicyclic) bond motifs is 1. The number of benzene rings is 2. The van der Waals surface area contributed by atoms with Crippen LogP contribution in [0.2, 0.25) is 0 Å². The average Bonchev–Trinajstić information content (AvgIpc) is 3.05. The molecule has 0 atom stereocenters. The zero-order valence-corrected chi connectivity index (χ0v) is 17.1. The molecular weight excluding hydrogens is 388 g/mol. The molecule has 1 aromatic heterocycles. The molecule has 2 N–H and O–H groups in total. The fourth-order valence-electron chi connectivity index (χ4n) is 3.06. The number of hydrogen-bond donors (Lipinski definition) is 2. The number of aryl methyl sites for hydroxylation is 1. The van der Waals surface area contributed by atoms with E-state index >= 15 is 0 Å². The molecule has 3 aromatic rings. The summed E-state index contributed by atoms with van der Waals surface area (Å²) in [5.74, 6) is 0.556. The summed E-state index contributed by atoms with van der Waals surface area (Å²) in [5, 5.41) is 2.85. The Labute approximate surface area is 170 Å². The highest BCUT2D eigenvalue weighted by Crippen LogP contribution is 2.17. The lowest BCUT2D eigenvalue weighted by molar-refractivity contribution is -0.116. The average molecular weight is 413 g/mol. The van der Waals surface area contributed by atoms with Gasteiger partial charge in [-0.05, 0) is 29.8 Å². The lowest BCUT2D eigenvalue weighted by atomic mass is 10.2.